The maximum absolute atomic E-state index is 7.17. The number of nitrogens with one attached hydrogen (secondary N) is 1. The van der Waals surface area contributed by atoms with Gasteiger partial charge in [-0.05, 0) is 65.6 Å². The molecule has 0 bridgehead atoms. The van der Waals surface area contributed by atoms with Crippen LogP contribution in [0.4, 0.5) is 0 Å². The molecule has 0 atom stereocenters. The van der Waals surface area contributed by atoms with E-state index in [-0.39, 0.29) is 17.8 Å². The van der Waals surface area contributed by atoms with E-state index in [1.54, 1.807) is 0 Å². The van der Waals surface area contributed by atoms with E-state index < -0.39 is 0 Å². The summed E-state index contributed by atoms with van der Waals surface area (Å²) >= 11 is 0. The van der Waals surface area contributed by atoms with Crippen molar-refractivity contribution in [3.8, 4) is 28.7 Å². The number of para-hydroxylation sites is 4. The van der Waals surface area contributed by atoms with Crippen LogP contribution in [0.1, 0.15) is 26.3 Å². The molecule has 5 aromatic heterocycles. The Morgan fingerprint density at radius 2 is 1.25 bits per heavy atom. The number of rotatable bonds is 5. The quantitative estimate of drug-likeness (QED) is 0.176. The molecule has 0 aliphatic heterocycles. The highest BCUT2D eigenvalue weighted by atomic mass is 35.5. The van der Waals surface area contributed by atoms with E-state index in [0.717, 1.165) is 88.8 Å². The van der Waals surface area contributed by atoms with Crippen molar-refractivity contribution in [2.75, 3.05) is 0 Å². The highest BCUT2D eigenvalue weighted by molar-refractivity contribution is 6.13. The van der Waals surface area contributed by atoms with Gasteiger partial charge in [-0.15, -0.1) is 0 Å². The zero-order valence-corrected chi connectivity index (χ0v) is 33.9. The van der Waals surface area contributed by atoms with Crippen molar-refractivity contribution in [3.05, 3.63) is 176 Å². The molecule has 0 amide bonds. The first-order chi connectivity index (χ1) is 28.9. The lowest BCUT2D eigenvalue weighted by Gasteiger charge is -2.20. The molecule has 0 saturated carbocycles. The van der Waals surface area contributed by atoms with E-state index in [2.05, 4.69) is 167 Å². The van der Waals surface area contributed by atoms with Crippen molar-refractivity contribution < 1.29 is 26.1 Å². The van der Waals surface area contributed by atoms with Gasteiger partial charge in [0, 0.05) is 62.8 Å². The fourth-order valence-corrected chi connectivity index (χ4v) is 8.99. The maximum atomic E-state index is 7.17. The summed E-state index contributed by atoms with van der Waals surface area (Å²) in [6, 6.07) is 55.4. The van der Waals surface area contributed by atoms with Gasteiger partial charge in [-0.3, -0.25) is 4.57 Å². The smallest absolute Gasteiger partial charge is 0.247 e. The zero-order valence-electron chi connectivity index (χ0n) is 33.1. The van der Waals surface area contributed by atoms with E-state index in [1.807, 2.05) is 42.9 Å². The van der Waals surface area contributed by atoms with Crippen molar-refractivity contribution in [1.82, 2.24) is 19.1 Å². The van der Waals surface area contributed by atoms with Crippen LogP contribution in [-0.4, -0.2) is 19.1 Å². The number of hydrogen-bond donors (Lipinski definition) is 1. The number of fused-ring (bicyclic) bond motifs is 10. The van der Waals surface area contributed by atoms with Crippen LogP contribution < -0.4 is 21.7 Å². The molecule has 0 unspecified atom stereocenters. The molecule has 1 N–H and O–H groups in total. The summed E-state index contributed by atoms with van der Waals surface area (Å²) in [6.07, 6.45) is 3.92. The van der Waals surface area contributed by atoms with Crippen molar-refractivity contribution in [2.24, 2.45) is 0 Å². The van der Waals surface area contributed by atoms with Crippen molar-refractivity contribution in [3.63, 3.8) is 0 Å². The number of H-pyrrole nitrogens is 1. The minimum absolute atomic E-state index is 0. The zero-order chi connectivity index (χ0) is 39.4. The number of ether oxygens (including phenoxy) is 1. The SMILES string of the molecule is CC(C)(C)c1ccnc(-n2c3ccccc3c3cc(-n4c5ccccc5c5ccccc54)c(Oc4cccc(-[n+]5c[nH]c6cc7c(cc65)oc5ccccc57)c4)cc32)c1.[Cl-]. The molecule has 0 saturated heterocycles. The number of benzene rings is 7. The molecular formula is C52H38ClN5O2. The van der Waals surface area contributed by atoms with E-state index >= 15 is 0 Å². The molecule has 8 heteroatoms. The number of furan rings is 1. The van der Waals surface area contributed by atoms with Gasteiger partial charge in [-0.25, -0.2) is 9.97 Å². The molecule has 12 aromatic rings. The van der Waals surface area contributed by atoms with Crippen LogP contribution in [0.5, 0.6) is 11.5 Å². The molecule has 290 valence electrons. The van der Waals surface area contributed by atoms with Gasteiger partial charge in [0.15, 0.2) is 16.8 Å². The molecule has 0 aliphatic carbocycles. The molecule has 7 nitrogen and oxygen atoms in total. The molecule has 12 rings (SSSR count). The Kier molecular flexibility index (Phi) is 7.96. The summed E-state index contributed by atoms with van der Waals surface area (Å²) in [5.41, 5.74) is 11.2. The Morgan fingerprint density at radius 3 is 1.98 bits per heavy atom. The highest BCUT2D eigenvalue weighted by Crippen LogP contribution is 2.43. The molecule has 5 heterocycles. The first-order valence-electron chi connectivity index (χ1n) is 20.0. The first-order valence-corrected chi connectivity index (χ1v) is 20.0. The van der Waals surface area contributed by atoms with Crippen LogP contribution in [0, 0.1) is 0 Å². The number of nitrogens with zero attached hydrogens (tertiary/aromatic N) is 4. The standard InChI is InChI=1S/C52H37N5O2.ClH/c1-52(2,3)32-23-24-53-51(25-32)57-44-21-10-6-17-37(44)39-28-47(56-42-19-8-4-15-35(42)36-16-5-9-20-43(36)56)50(29-45(39)57)58-34-14-12-13-33(26-34)55-31-54-41-27-40-38-18-7-11-22-48(38)59-49(40)30-46(41)55;/h4-31H,1-3H3;1H. The van der Waals surface area contributed by atoms with Crippen molar-refractivity contribution in [1.29, 1.82) is 0 Å². The van der Waals surface area contributed by atoms with E-state index in [0.29, 0.717) is 5.75 Å². The second-order valence-corrected chi connectivity index (χ2v) is 16.4. The van der Waals surface area contributed by atoms with Crippen LogP contribution in [0.3, 0.4) is 0 Å². The largest absolute Gasteiger partial charge is 1.00 e. The fraction of sp³-hybridized carbons (Fsp3) is 0.0769. The molecule has 0 fully saturated rings. The third-order valence-corrected chi connectivity index (χ3v) is 11.8. The lowest BCUT2D eigenvalue weighted by Crippen LogP contribution is -3.00. The summed E-state index contributed by atoms with van der Waals surface area (Å²) in [5.74, 6) is 2.31. The maximum Gasteiger partial charge on any atom is 0.247 e. The average molecular weight is 800 g/mol. The van der Waals surface area contributed by atoms with Crippen molar-refractivity contribution in [2.45, 2.75) is 26.2 Å². The number of hydrogen-bond acceptors (Lipinski definition) is 3. The third-order valence-electron chi connectivity index (χ3n) is 11.8. The summed E-state index contributed by atoms with van der Waals surface area (Å²) < 4.78 is 20.2. The fourth-order valence-electron chi connectivity index (χ4n) is 8.99. The topological polar surface area (TPSA) is 64.8 Å². The van der Waals surface area contributed by atoms with Crippen molar-refractivity contribution >= 4 is 76.6 Å². The van der Waals surface area contributed by atoms with Crippen LogP contribution in [0.2, 0.25) is 0 Å². The lowest BCUT2D eigenvalue weighted by atomic mass is 9.88. The number of aromatic nitrogens is 5. The van der Waals surface area contributed by atoms with Crippen LogP contribution in [0.15, 0.2) is 175 Å². The normalized spacial score (nSPS) is 12.1. The number of pyridine rings is 1. The Morgan fingerprint density at radius 1 is 0.583 bits per heavy atom. The van der Waals surface area contributed by atoms with Gasteiger partial charge in [-0.1, -0.05) is 99.6 Å². The van der Waals surface area contributed by atoms with E-state index in [9.17, 15) is 0 Å². The Hall–Kier alpha value is -7.35. The summed E-state index contributed by atoms with van der Waals surface area (Å²) in [6.45, 7) is 6.72. The molecule has 0 spiro atoms. The Bertz CT molecular complexity index is 3600. The van der Waals surface area contributed by atoms with Crippen LogP contribution in [0.25, 0.3) is 93.8 Å². The monoisotopic (exact) mass is 799 g/mol. The van der Waals surface area contributed by atoms with Gasteiger partial charge >= 0.3 is 0 Å². The first kappa shape index (κ1) is 35.8. The third kappa shape index (κ3) is 5.43. The lowest BCUT2D eigenvalue weighted by molar-refractivity contribution is -0.567. The minimum atomic E-state index is -0.0414. The van der Waals surface area contributed by atoms with E-state index in [1.165, 1.54) is 16.3 Å². The number of halogens is 1. The second kappa shape index (κ2) is 13.3. The molecular weight excluding hydrogens is 762 g/mol. The van der Waals surface area contributed by atoms with Gasteiger partial charge in [0.2, 0.25) is 6.33 Å². The van der Waals surface area contributed by atoms with Crippen LogP contribution in [-0.2, 0) is 5.41 Å². The number of aromatic amines is 1. The molecule has 60 heavy (non-hydrogen) atoms. The summed E-state index contributed by atoms with van der Waals surface area (Å²) in [4.78, 5) is 8.46. The molecule has 7 aromatic carbocycles. The minimum Gasteiger partial charge on any atom is -1.00 e. The predicted molar refractivity (Wildman–Crippen MR) is 239 cm³/mol. The molecule has 0 radical (unpaired) electrons. The highest BCUT2D eigenvalue weighted by Gasteiger charge is 2.23. The Balaban J connectivity index is 0.00000408. The van der Waals surface area contributed by atoms with Gasteiger partial charge in [0.05, 0.1) is 27.8 Å². The summed E-state index contributed by atoms with van der Waals surface area (Å²) in [7, 11) is 0. The summed E-state index contributed by atoms with van der Waals surface area (Å²) in [5, 5.41) is 6.84. The second-order valence-electron chi connectivity index (χ2n) is 16.4. The number of imidazole rings is 1. The van der Waals surface area contributed by atoms with Gasteiger partial charge < -0.3 is 26.1 Å². The average Bonchev–Trinajstić information content (AvgIpc) is 4.01. The van der Waals surface area contributed by atoms with E-state index in [4.69, 9.17) is 14.1 Å². The Labute approximate surface area is 351 Å². The van der Waals surface area contributed by atoms with Gasteiger partial charge in [0.25, 0.3) is 0 Å². The van der Waals surface area contributed by atoms with Gasteiger partial charge in [-0.2, -0.15) is 4.57 Å². The van der Waals surface area contributed by atoms with Gasteiger partial charge in [0.1, 0.15) is 28.4 Å². The molecule has 0 aliphatic rings. The predicted octanol–water partition coefficient (Wildman–Crippen LogP) is 10.0. The van der Waals surface area contributed by atoms with Crippen LogP contribution >= 0.6 is 0 Å².